The Bertz CT molecular complexity index is 418. The van der Waals surface area contributed by atoms with Crippen LogP contribution in [0, 0.1) is 6.92 Å². The molecule has 0 heterocycles. The molecule has 0 bridgehead atoms. The van der Waals surface area contributed by atoms with Crippen LogP contribution in [0.4, 0.5) is 0 Å². The van der Waals surface area contributed by atoms with E-state index in [2.05, 4.69) is 6.58 Å². The van der Waals surface area contributed by atoms with Gasteiger partial charge in [-0.1, -0.05) is 18.2 Å². The molecule has 1 N–H and O–H groups in total. The van der Waals surface area contributed by atoms with E-state index in [0.29, 0.717) is 26.2 Å². The number of ether oxygens (including phenoxy) is 1. The monoisotopic (exact) mass is 263 g/mol. The van der Waals surface area contributed by atoms with E-state index in [4.69, 9.17) is 9.84 Å². The maximum absolute atomic E-state index is 10.6. The van der Waals surface area contributed by atoms with Gasteiger partial charge in [0.2, 0.25) is 0 Å². The van der Waals surface area contributed by atoms with Gasteiger partial charge in [0, 0.05) is 19.6 Å². The second-order valence-electron chi connectivity index (χ2n) is 4.40. The zero-order chi connectivity index (χ0) is 14.1. The molecule has 0 aliphatic rings. The molecule has 0 saturated carbocycles. The lowest BCUT2D eigenvalue weighted by molar-refractivity contribution is -0.137. The summed E-state index contributed by atoms with van der Waals surface area (Å²) in [6, 6.07) is 7.87. The highest BCUT2D eigenvalue weighted by Crippen LogP contribution is 2.12. The Balaban J connectivity index is 2.34. The summed E-state index contributed by atoms with van der Waals surface area (Å²) in [5, 5.41) is 8.68. The van der Waals surface area contributed by atoms with E-state index in [-0.39, 0.29) is 6.42 Å². The molecular weight excluding hydrogens is 242 g/mol. The van der Waals surface area contributed by atoms with E-state index in [0.717, 1.165) is 11.3 Å². The van der Waals surface area contributed by atoms with Crippen LogP contribution in [0.15, 0.2) is 36.9 Å². The van der Waals surface area contributed by atoms with Gasteiger partial charge in [0.25, 0.3) is 0 Å². The zero-order valence-corrected chi connectivity index (χ0v) is 11.3. The third-order valence-electron chi connectivity index (χ3n) is 2.69. The molecular formula is C15H21NO3. The third kappa shape index (κ3) is 6.62. The highest BCUT2D eigenvalue weighted by molar-refractivity contribution is 5.66. The summed E-state index contributed by atoms with van der Waals surface area (Å²) in [7, 11) is 0. The first-order chi connectivity index (χ1) is 9.11. The van der Waals surface area contributed by atoms with Gasteiger partial charge in [-0.25, -0.2) is 0 Å². The number of carbonyl (C=O) groups is 1. The van der Waals surface area contributed by atoms with E-state index < -0.39 is 5.97 Å². The minimum atomic E-state index is -0.784. The van der Waals surface area contributed by atoms with Crippen LogP contribution >= 0.6 is 0 Å². The van der Waals surface area contributed by atoms with Gasteiger partial charge in [-0.2, -0.15) is 0 Å². The molecule has 1 rings (SSSR count). The fraction of sp³-hybridized carbons (Fsp3) is 0.400. The number of hydrogen-bond donors (Lipinski definition) is 1. The smallest absolute Gasteiger partial charge is 0.304 e. The predicted molar refractivity (Wildman–Crippen MR) is 75.6 cm³/mol. The van der Waals surface area contributed by atoms with Crippen molar-refractivity contribution >= 4 is 5.97 Å². The van der Waals surface area contributed by atoms with Crippen LogP contribution in [0.3, 0.4) is 0 Å². The molecule has 0 spiro atoms. The highest BCUT2D eigenvalue weighted by atomic mass is 16.5. The fourth-order valence-electron chi connectivity index (χ4n) is 1.73. The number of aryl methyl sites for hydroxylation is 1. The number of benzene rings is 1. The van der Waals surface area contributed by atoms with Crippen molar-refractivity contribution in [1.82, 2.24) is 4.90 Å². The quantitative estimate of drug-likeness (QED) is 0.695. The van der Waals surface area contributed by atoms with Crippen LogP contribution in [0.1, 0.15) is 12.0 Å². The molecule has 0 saturated heterocycles. The largest absolute Gasteiger partial charge is 0.492 e. The van der Waals surface area contributed by atoms with Gasteiger partial charge in [0.05, 0.1) is 6.42 Å². The van der Waals surface area contributed by atoms with Gasteiger partial charge in [-0.15, -0.1) is 6.58 Å². The second-order valence-corrected chi connectivity index (χ2v) is 4.40. The number of aliphatic carboxylic acids is 1. The fourth-order valence-corrected chi connectivity index (χ4v) is 1.73. The van der Waals surface area contributed by atoms with Crippen molar-refractivity contribution in [1.29, 1.82) is 0 Å². The molecule has 0 radical (unpaired) electrons. The molecule has 19 heavy (non-hydrogen) atoms. The first-order valence-electron chi connectivity index (χ1n) is 6.36. The maximum atomic E-state index is 10.6. The van der Waals surface area contributed by atoms with E-state index in [1.807, 2.05) is 36.1 Å². The first-order valence-corrected chi connectivity index (χ1v) is 6.36. The minimum absolute atomic E-state index is 0.137. The molecule has 1 aromatic carbocycles. The number of rotatable bonds is 9. The lowest BCUT2D eigenvalue weighted by atomic mass is 10.2. The van der Waals surface area contributed by atoms with Gasteiger partial charge in [-0.3, -0.25) is 9.69 Å². The van der Waals surface area contributed by atoms with Crippen molar-refractivity contribution in [3.8, 4) is 5.75 Å². The lowest BCUT2D eigenvalue weighted by Gasteiger charge is -2.19. The van der Waals surface area contributed by atoms with Crippen molar-refractivity contribution in [3.05, 3.63) is 42.5 Å². The average molecular weight is 263 g/mol. The lowest BCUT2D eigenvalue weighted by Crippen LogP contribution is -2.30. The molecule has 0 aliphatic carbocycles. The van der Waals surface area contributed by atoms with Crippen LogP contribution in [-0.4, -0.2) is 42.2 Å². The van der Waals surface area contributed by atoms with Crippen molar-refractivity contribution in [2.75, 3.05) is 26.2 Å². The normalized spacial score (nSPS) is 10.4. The summed E-state index contributed by atoms with van der Waals surface area (Å²) in [5.41, 5.74) is 1.16. The summed E-state index contributed by atoms with van der Waals surface area (Å²) < 4.78 is 5.65. The summed E-state index contributed by atoms with van der Waals surface area (Å²) in [6.45, 7) is 8.10. The maximum Gasteiger partial charge on any atom is 0.304 e. The topological polar surface area (TPSA) is 49.8 Å². The van der Waals surface area contributed by atoms with E-state index in [9.17, 15) is 4.79 Å². The van der Waals surface area contributed by atoms with Crippen molar-refractivity contribution in [2.45, 2.75) is 13.3 Å². The van der Waals surface area contributed by atoms with Crippen LogP contribution in [-0.2, 0) is 4.79 Å². The molecule has 0 aromatic heterocycles. The van der Waals surface area contributed by atoms with Crippen molar-refractivity contribution in [2.24, 2.45) is 0 Å². The standard InChI is InChI=1S/C15H21NO3/c1-3-8-16(9-7-15(17)18)10-11-19-14-6-4-5-13(2)12-14/h3-6,12H,1,7-11H2,2H3,(H,17,18). The molecule has 0 unspecified atom stereocenters. The summed E-state index contributed by atoms with van der Waals surface area (Å²) in [5.74, 6) is 0.0606. The Labute approximate surface area is 114 Å². The van der Waals surface area contributed by atoms with Gasteiger partial charge < -0.3 is 9.84 Å². The van der Waals surface area contributed by atoms with Crippen molar-refractivity contribution in [3.63, 3.8) is 0 Å². The summed E-state index contributed by atoms with van der Waals surface area (Å²) in [4.78, 5) is 12.6. The van der Waals surface area contributed by atoms with Crippen molar-refractivity contribution < 1.29 is 14.6 Å². The first kappa shape index (κ1) is 15.2. The Kier molecular flexibility index (Phi) is 6.68. The summed E-state index contributed by atoms with van der Waals surface area (Å²) >= 11 is 0. The number of carboxylic acids is 1. The van der Waals surface area contributed by atoms with Crippen LogP contribution in [0.2, 0.25) is 0 Å². The molecule has 0 aliphatic heterocycles. The molecule has 0 fully saturated rings. The van der Waals surface area contributed by atoms with E-state index in [1.165, 1.54) is 0 Å². The second kappa shape index (κ2) is 8.32. The average Bonchev–Trinajstić information content (AvgIpc) is 2.36. The highest BCUT2D eigenvalue weighted by Gasteiger charge is 2.06. The minimum Gasteiger partial charge on any atom is -0.492 e. The molecule has 0 amide bonds. The zero-order valence-electron chi connectivity index (χ0n) is 11.3. The Morgan fingerprint density at radius 1 is 1.47 bits per heavy atom. The van der Waals surface area contributed by atoms with Crippen LogP contribution in [0.5, 0.6) is 5.75 Å². The van der Waals surface area contributed by atoms with Gasteiger partial charge in [0.15, 0.2) is 0 Å². The van der Waals surface area contributed by atoms with E-state index >= 15 is 0 Å². The number of hydrogen-bond acceptors (Lipinski definition) is 3. The molecule has 104 valence electrons. The Morgan fingerprint density at radius 2 is 2.26 bits per heavy atom. The third-order valence-corrected chi connectivity index (χ3v) is 2.69. The van der Waals surface area contributed by atoms with Crippen LogP contribution < -0.4 is 4.74 Å². The predicted octanol–water partition coefficient (Wildman–Crippen LogP) is 2.34. The van der Waals surface area contributed by atoms with Crippen LogP contribution in [0.25, 0.3) is 0 Å². The summed E-state index contributed by atoms with van der Waals surface area (Å²) in [6.07, 6.45) is 1.91. The van der Waals surface area contributed by atoms with Gasteiger partial charge >= 0.3 is 5.97 Å². The van der Waals surface area contributed by atoms with Gasteiger partial charge in [-0.05, 0) is 24.6 Å². The Hall–Kier alpha value is -1.81. The molecule has 4 nitrogen and oxygen atoms in total. The molecule has 4 heteroatoms. The molecule has 1 aromatic rings. The SMILES string of the molecule is C=CCN(CCOc1cccc(C)c1)CCC(=O)O. The molecule has 0 atom stereocenters. The number of nitrogens with zero attached hydrogens (tertiary/aromatic N) is 1. The van der Waals surface area contributed by atoms with E-state index in [1.54, 1.807) is 6.08 Å². The number of carboxylic acid groups (broad SMARTS) is 1. The van der Waals surface area contributed by atoms with Gasteiger partial charge in [0.1, 0.15) is 12.4 Å². The Morgan fingerprint density at radius 3 is 2.89 bits per heavy atom.